The summed E-state index contributed by atoms with van der Waals surface area (Å²) in [5.74, 6) is 0.651. The van der Waals surface area contributed by atoms with Gasteiger partial charge in [0.2, 0.25) is 0 Å². The van der Waals surface area contributed by atoms with Gasteiger partial charge in [0.25, 0.3) is 0 Å². The molecule has 1 aliphatic rings. The first-order chi connectivity index (χ1) is 9.63. The first-order valence-electron chi connectivity index (χ1n) is 8.44. The summed E-state index contributed by atoms with van der Waals surface area (Å²) in [4.78, 5) is 0. The Morgan fingerprint density at radius 2 is 1.95 bits per heavy atom. The van der Waals surface area contributed by atoms with Gasteiger partial charge in [0, 0.05) is 0 Å². The highest BCUT2D eigenvalue weighted by Crippen LogP contribution is 2.32. The van der Waals surface area contributed by atoms with Crippen LogP contribution in [0.3, 0.4) is 0 Å². The average molecular weight is 274 g/mol. The number of hydrogen-bond acceptors (Lipinski definition) is 1. The van der Waals surface area contributed by atoms with Gasteiger partial charge in [-0.05, 0) is 49.1 Å². The monoisotopic (exact) mass is 274 g/mol. The van der Waals surface area contributed by atoms with E-state index in [4.69, 9.17) is 0 Å². The summed E-state index contributed by atoms with van der Waals surface area (Å²) in [6.45, 7) is 4.57. The van der Waals surface area contributed by atoms with Gasteiger partial charge < -0.3 is 5.11 Å². The highest BCUT2D eigenvalue weighted by Gasteiger charge is 2.28. The van der Waals surface area contributed by atoms with E-state index in [2.05, 4.69) is 38.1 Å². The maximum absolute atomic E-state index is 10.6. The second kappa shape index (κ2) is 7.26. The highest BCUT2D eigenvalue weighted by atomic mass is 16.3. The summed E-state index contributed by atoms with van der Waals surface area (Å²) in [6.07, 6.45) is 10.1. The fraction of sp³-hybridized carbons (Fsp3) is 0.684. The molecule has 1 nitrogen and oxygen atoms in total. The van der Waals surface area contributed by atoms with Gasteiger partial charge in [0.1, 0.15) is 0 Å². The van der Waals surface area contributed by atoms with Crippen LogP contribution in [0.1, 0.15) is 82.3 Å². The summed E-state index contributed by atoms with van der Waals surface area (Å²) >= 11 is 0. The van der Waals surface area contributed by atoms with E-state index < -0.39 is 0 Å². The van der Waals surface area contributed by atoms with Crippen molar-refractivity contribution in [1.82, 2.24) is 0 Å². The summed E-state index contributed by atoms with van der Waals surface area (Å²) in [6, 6.07) is 9.00. The van der Waals surface area contributed by atoms with Crippen LogP contribution in [0.15, 0.2) is 24.3 Å². The van der Waals surface area contributed by atoms with Crippen molar-refractivity contribution in [1.29, 1.82) is 0 Å². The molecule has 1 atom stereocenters. The molecule has 0 heterocycles. The quantitative estimate of drug-likeness (QED) is 0.754. The summed E-state index contributed by atoms with van der Waals surface area (Å²) in [5, 5.41) is 10.6. The largest absolute Gasteiger partial charge is 0.390 e. The minimum atomic E-state index is -0.386. The molecule has 0 bridgehead atoms. The second-order valence-corrected chi connectivity index (χ2v) is 6.72. The predicted molar refractivity (Wildman–Crippen MR) is 86.1 cm³/mol. The van der Waals surface area contributed by atoms with Crippen LogP contribution in [0, 0.1) is 0 Å². The Hall–Kier alpha value is -0.820. The van der Waals surface area contributed by atoms with Crippen LogP contribution in [0.2, 0.25) is 0 Å². The van der Waals surface area contributed by atoms with Crippen molar-refractivity contribution in [3.8, 4) is 0 Å². The smallest absolute Gasteiger partial charge is 0.0651 e. The van der Waals surface area contributed by atoms with Crippen molar-refractivity contribution in [3.63, 3.8) is 0 Å². The third-order valence-electron chi connectivity index (χ3n) is 4.91. The molecule has 1 heteroatoms. The van der Waals surface area contributed by atoms with Crippen LogP contribution < -0.4 is 0 Å². The number of aliphatic hydroxyl groups is 1. The summed E-state index contributed by atoms with van der Waals surface area (Å²) in [7, 11) is 0. The third kappa shape index (κ3) is 4.34. The van der Waals surface area contributed by atoms with E-state index >= 15 is 0 Å². The number of benzene rings is 1. The zero-order chi connectivity index (χ0) is 14.4. The van der Waals surface area contributed by atoms with Crippen LogP contribution in [0.25, 0.3) is 0 Å². The summed E-state index contributed by atoms with van der Waals surface area (Å²) in [5.41, 5.74) is 2.47. The number of aryl methyl sites for hydroxylation is 1. The zero-order valence-corrected chi connectivity index (χ0v) is 13.2. The van der Waals surface area contributed by atoms with E-state index in [1.807, 2.05) is 0 Å². The van der Waals surface area contributed by atoms with Gasteiger partial charge in [-0.2, -0.15) is 0 Å². The number of hydrogen-bond donors (Lipinski definition) is 1. The molecule has 112 valence electrons. The molecular formula is C19H30O. The standard InChI is InChI=1S/C19H30O/c1-3-8-16(2)18-10-7-9-17(15-18)11-14-19(20)12-5-4-6-13-19/h7,9-10,15-16,20H,3-6,8,11-14H2,1-2H3/t16-/m1/s1. The van der Waals surface area contributed by atoms with Gasteiger partial charge in [0.05, 0.1) is 5.60 Å². The van der Waals surface area contributed by atoms with Crippen LogP contribution in [0.5, 0.6) is 0 Å². The zero-order valence-electron chi connectivity index (χ0n) is 13.2. The Bertz CT molecular complexity index is 404. The minimum Gasteiger partial charge on any atom is -0.390 e. The molecule has 0 saturated heterocycles. The molecule has 0 unspecified atom stereocenters. The lowest BCUT2D eigenvalue weighted by molar-refractivity contribution is -0.00342. The van der Waals surface area contributed by atoms with E-state index in [0.29, 0.717) is 5.92 Å². The van der Waals surface area contributed by atoms with E-state index in [1.165, 1.54) is 43.2 Å². The Kier molecular flexibility index (Phi) is 5.65. The topological polar surface area (TPSA) is 20.2 Å². The molecule has 1 N–H and O–H groups in total. The molecular weight excluding hydrogens is 244 g/mol. The molecule has 0 aromatic heterocycles. The van der Waals surface area contributed by atoms with Crippen molar-refractivity contribution in [2.45, 2.75) is 83.2 Å². The van der Waals surface area contributed by atoms with E-state index in [9.17, 15) is 5.11 Å². The second-order valence-electron chi connectivity index (χ2n) is 6.72. The van der Waals surface area contributed by atoms with E-state index in [0.717, 1.165) is 25.7 Å². The molecule has 0 aliphatic heterocycles. The Morgan fingerprint density at radius 1 is 1.20 bits per heavy atom. The predicted octanol–water partition coefficient (Wildman–Crippen LogP) is 5.22. The SMILES string of the molecule is CCC[C@@H](C)c1cccc(CCC2(O)CCCCC2)c1. The van der Waals surface area contributed by atoms with Crippen LogP contribution >= 0.6 is 0 Å². The van der Waals surface area contributed by atoms with Gasteiger partial charge in [-0.3, -0.25) is 0 Å². The first-order valence-corrected chi connectivity index (χ1v) is 8.44. The molecule has 2 rings (SSSR count). The normalized spacial score (nSPS) is 19.8. The molecule has 0 spiro atoms. The van der Waals surface area contributed by atoms with Crippen molar-refractivity contribution in [3.05, 3.63) is 35.4 Å². The average Bonchev–Trinajstić information content (AvgIpc) is 2.47. The maximum atomic E-state index is 10.6. The van der Waals surface area contributed by atoms with Gasteiger partial charge in [-0.15, -0.1) is 0 Å². The molecule has 1 aromatic rings. The molecule has 20 heavy (non-hydrogen) atoms. The third-order valence-corrected chi connectivity index (χ3v) is 4.91. The maximum Gasteiger partial charge on any atom is 0.0651 e. The Balaban J connectivity index is 1.94. The lowest BCUT2D eigenvalue weighted by Gasteiger charge is -2.32. The van der Waals surface area contributed by atoms with Crippen molar-refractivity contribution < 1.29 is 5.11 Å². The van der Waals surface area contributed by atoms with Crippen LogP contribution in [0.4, 0.5) is 0 Å². The van der Waals surface area contributed by atoms with E-state index in [1.54, 1.807) is 0 Å². The molecule has 1 fully saturated rings. The molecule has 1 aromatic carbocycles. The number of rotatable bonds is 6. The molecule has 1 saturated carbocycles. The Morgan fingerprint density at radius 3 is 2.65 bits per heavy atom. The molecule has 0 amide bonds. The lowest BCUT2D eigenvalue weighted by Crippen LogP contribution is -2.31. The Labute approximate surface area is 124 Å². The fourth-order valence-electron chi connectivity index (χ4n) is 3.49. The fourth-order valence-corrected chi connectivity index (χ4v) is 3.49. The molecule has 0 radical (unpaired) electrons. The van der Waals surface area contributed by atoms with Crippen LogP contribution in [-0.2, 0) is 6.42 Å². The molecule has 1 aliphatic carbocycles. The van der Waals surface area contributed by atoms with Gasteiger partial charge in [0.15, 0.2) is 0 Å². The minimum absolute atomic E-state index is 0.386. The van der Waals surface area contributed by atoms with Gasteiger partial charge in [-0.25, -0.2) is 0 Å². The first kappa shape index (κ1) is 15.6. The van der Waals surface area contributed by atoms with Crippen LogP contribution in [-0.4, -0.2) is 10.7 Å². The highest BCUT2D eigenvalue weighted by molar-refractivity contribution is 5.26. The van der Waals surface area contributed by atoms with E-state index in [-0.39, 0.29) is 5.60 Å². The lowest BCUT2D eigenvalue weighted by atomic mass is 9.81. The van der Waals surface area contributed by atoms with Crippen molar-refractivity contribution in [2.24, 2.45) is 0 Å². The summed E-state index contributed by atoms with van der Waals surface area (Å²) < 4.78 is 0. The van der Waals surface area contributed by atoms with Gasteiger partial charge in [-0.1, -0.05) is 63.8 Å². The van der Waals surface area contributed by atoms with Crippen molar-refractivity contribution in [2.75, 3.05) is 0 Å². The van der Waals surface area contributed by atoms with Gasteiger partial charge >= 0.3 is 0 Å². The van der Waals surface area contributed by atoms with Crippen molar-refractivity contribution >= 4 is 0 Å².